The van der Waals surface area contributed by atoms with Crippen LogP contribution >= 0.6 is 0 Å². The molecule has 1 unspecified atom stereocenters. The molecule has 0 amide bonds. The fourth-order valence-corrected chi connectivity index (χ4v) is 2.20. The molecule has 2 heterocycles. The van der Waals surface area contributed by atoms with Gasteiger partial charge in [-0.05, 0) is 17.7 Å². The molecule has 1 N–H and O–H groups in total. The van der Waals surface area contributed by atoms with Crippen molar-refractivity contribution in [3.8, 4) is 0 Å². The normalized spacial score (nSPS) is 17.9. The van der Waals surface area contributed by atoms with Gasteiger partial charge in [-0.1, -0.05) is 18.2 Å². The van der Waals surface area contributed by atoms with E-state index >= 15 is 0 Å². The molecule has 1 aliphatic rings. The number of nitrogens with one attached hydrogen (secondary N) is 1. The lowest BCUT2D eigenvalue weighted by atomic mass is 9.99. The molecule has 0 fully saturated rings. The van der Waals surface area contributed by atoms with E-state index in [-0.39, 0.29) is 5.56 Å². The molecule has 0 saturated heterocycles. The molecule has 0 bridgehead atoms. The van der Waals surface area contributed by atoms with Crippen LogP contribution in [0.4, 0.5) is 19.0 Å². The lowest BCUT2D eigenvalue weighted by Gasteiger charge is -2.23. The highest BCUT2D eigenvalue weighted by Crippen LogP contribution is 2.37. The van der Waals surface area contributed by atoms with Crippen molar-refractivity contribution in [3.63, 3.8) is 0 Å². The summed E-state index contributed by atoms with van der Waals surface area (Å²) in [6, 6.07) is 6.73. The molecule has 1 atom stereocenters. The van der Waals surface area contributed by atoms with Crippen LogP contribution in [-0.4, -0.2) is 9.78 Å². The van der Waals surface area contributed by atoms with Crippen LogP contribution in [0.2, 0.25) is 0 Å². The van der Waals surface area contributed by atoms with Crippen molar-refractivity contribution in [2.45, 2.75) is 12.2 Å². The first-order chi connectivity index (χ1) is 9.07. The van der Waals surface area contributed by atoms with Crippen molar-refractivity contribution >= 4 is 5.82 Å². The van der Waals surface area contributed by atoms with Crippen LogP contribution in [0.25, 0.3) is 0 Å². The number of alkyl halides is 3. The van der Waals surface area contributed by atoms with E-state index in [4.69, 9.17) is 0 Å². The van der Waals surface area contributed by atoms with Crippen LogP contribution in [0.3, 0.4) is 0 Å². The monoisotopic (exact) mass is 265 g/mol. The van der Waals surface area contributed by atoms with Gasteiger partial charge in [-0.25, -0.2) is 4.68 Å². The Balaban J connectivity index is 2.14. The molecule has 3 rings (SSSR count). The van der Waals surface area contributed by atoms with Gasteiger partial charge in [-0.2, -0.15) is 18.3 Å². The van der Waals surface area contributed by atoms with Crippen LogP contribution in [0.1, 0.15) is 17.2 Å². The van der Waals surface area contributed by atoms with Crippen LogP contribution in [0, 0.1) is 0 Å². The number of benzene rings is 1. The van der Waals surface area contributed by atoms with E-state index in [2.05, 4.69) is 10.4 Å². The maximum atomic E-state index is 13.0. The summed E-state index contributed by atoms with van der Waals surface area (Å²) in [6.45, 7) is 0. The molecule has 0 radical (unpaired) electrons. The van der Waals surface area contributed by atoms with E-state index in [9.17, 15) is 13.2 Å². The summed E-state index contributed by atoms with van der Waals surface area (Å²) in [7, 11) is 0. The van der Waals surface area contributed by atoms with E-state index in [1.54, 1.807) is 30.6 Å². The summed E-state index contributed by atoms with van der Waals surface area (Å²) in [4.78, 5) is 0. The molecule has 1 aromatic heterocycles. The van der Waals surface area contributed by atoms with Gasteiger partial charge in [0, 0.05) is 12.3 Å². The number of anilines is 1. The summed E-state index contributed by atoms with van der Waals surface area (Å²) >= 11 is 0. The molecular weight excluding hydrogens is 255 g/mol. The third-order valence-electron chi connectivity index (χ3n) is 3.03. The predicted molar refractivity (Wildman–Crippen MR) is 64.6 cm³/mol. The molecule has 0 spiro atoms. The van der Waals surface area contributed by atoms with Crippen molar-refractivity contribution in [1.82, 2.24) is 9.78 Å². The SMILES string of the molecule is FC(F)(F)c1ccccc1C1C=CNc2ccnn21. The van der Waals surface area contributed by atoms with E-state index in [0.717, 1.165) is 6.07 Å². The average molecular weight is 265 g/mol. The van der Waals surface area contributed by atoms with Crippen molar-refractivity contribution in [2.75, 3.05) is 5.32 Å². The number of fused-ring (bicyclic) bond motifs is 1. The van der Waals surface area contributed by atoms with Crippen molar-refractivity contribution in [3.05, 3.63) is 59.9 Å². The fraction of sp³-hybridized carbons (Fsp3) is 0.154. The zero-order valence-electron chi connectivity index (χ0n) is 9.72. The average Bonchev–Trinajstić information content (AvgIpc) is 2.85. The highest BCUT2D eigenvalue weighted by atomic mass is 19.4. The Hall–Kier alpha value is -2.24. The fourth-order valence-electron chi connectivity index (χ4n) is 2.20. The van der Waals surface area contributed by atoms with Gasteiger partial charge in [-0.15, -0.1) is 0 Å². The van der Waals surface area contributed by atoms with Crippen molar-refractivity contribution in [2.24, 2.45) is 0 Å². The zero-order valence-corrected chi connectivity index (χ0v) is 9.72. The van der Waals surface area contributed by atoms with Gasteiger partial charge in [-0.3, -0.25) is 0 Å². The second-order valence-corrected chi connectivity index (χ2v) is 4.19. The van der Waals surface area contributed by atoms with Gasteiger partial charge in [0.15, 0.2) is 0 Å². The number of hydrogen-bond donors (Lipinski definition) is 1. The first kappa shape index (κ1) is 11.8. The molecule has 2 aromatic rings. The van der Waals surface area contributed by atoms with Gasteiger partial charge < -0.3 is 5.32 Å². The molecule has 0 saturated carbocycles. The number of allylic oxidation sites excluding steroid dienone is 1. The van der Waals surface area contributed by atoms with Crippen LogP contribution in [0.15, 0.2) is 48.8 Å². The first-order valence-electron chi connectivity index (χ1n) is 5.70. The van der Waals surface area contributed by atoms with Gasteiger partial charge >= 0.3 is 6.18 Å². The van der Waals surface area contributed by atoms with Crippen LogP contribution < -0.4 is 5.32 Å². The Kier molecular flexibility index (Phi) is 2.58. The Morgan fingerprint density at radius 1 is 1.16 bits per heavy atom. The second-order valence-electron chi connectivity index (χ2n) is 4.19. The lowest BCUT2D eigenvalue weighted by Crippen LogP contribution is -2.20. The standard InChI is InChI=1S/C13H10F3N3/c14-13(15,16)10-4-2-1-3-9(10)11-5-7-17-12-6-8-18-19(11)12/h1-8,11,17H. The Labute approximate surface area is 107 Å². The highest BCUT2D eigenvalue weighted by molar-refractivity contribution is 5.46. The lowest BCUT2D eigenvalue weighted by molar-refractivity contribution is -0.138. The minimum Gasteiger partial charge on any atom is -0.347 e. The van der Waals surface area contributed by atoms with E-state index in [0.29, 0.717) is 5.82 Å². The molecule has 0 aliphatic carbocycles. The van der Waals surface area contributed by atoms with Gasteiger partial charge in [0.1, 0.15) is 5.82 Å². The summed E-state index contributed by atoms with van der Waals surface area (Å²) < 4.78 is 40.6. The van der Waals surface area contributed by atoms with Crippen molar-refractivity contribution < 1.29 is 13.2 Å². The number of nitrogens with zero attached hydrogens (tertiary/aromatic N) is 2. The van der Waals surface area contributed by atoms with Gasteiger partial charge in [0.2, 0.25) is 0 Å². The Morgan fingerprint density at radius 2 is 1.95 bits per heavy atom. The summed E-state index contributed by atoms with van der Waals surface area (Å²) in [6.07, 6.45) is 0.473. The Morgan fingerprint density at radius 3 is 2.74 bits per heavy atom. The topological polar surface area (TPSA) is 29.9 Å². The number of halogens is 3. The third-order valence-corrected chi connectivity index (χ3v) is 3.03. The number of hydrogen-bond acceptors (Lipinski definition) is 2. The summed E-state index contributed by atoms with van der Waals surface area (Å²) in [5.41, 5.74) is -0.439. The minimum absolute atomic E-state index is 0.192. The van der Waals surface area contributed by atoms with Crippen molar-refractivity contribution in [1.29, 1.82) is 0 Å². The second kappa shape index (κ2) is 4.15. The van der Waals surface area contributed by atoms with Crippen LogP contribution in [0.5, 0.6) is 0 Å². The van der Waals surface area contributed by atoms with E-state index in [1.807, 2.05) is 0 Å². The maximum Gasteiger partial charge on any atom is 0.416 e. The predicted octanol–water partition coefficient (Wildman–Crippen LogP) is 3.43. The largest absolute Gasteiger partial charge is 0.416 e. The number of rotatable bonds is 1. The molecule has 98 valence electrons. The van der Waals surface area contributed by atoms with Crippen LogP contribution in [-0.2, 0) is 6.18 Å². The zero-order chi connectivity index (χ0) is 13.5. The highest BCUT2D eigenvalue weighted by Gasteiger charge is 2.35. The molecule has 6 heteroatoms. The summed E-state index contributed by atoms with van der Waals surface area (Å²) in [5, 5.41) is 7.01. The number of aromatic nitrogens is 2. The third kappa shape index (κ3) is 1.99. The van der Waals surface area contributed by atoms with Gasteiger partial charge in [0.05, 0.1) is 17.8 Å². The molecule has 1 aliphatic heterocycles. The quantitative estimate of drug-likeness (QED) is 0.856. The molecule has 3 nitrogen and oxygen atoms in total. The first-order valence-corrected chi connectivity index (χ1v) is 5.70. The summed E-state index contributed by atoms with van der Waals surface area (Å²) in [5.74, 6) is 0.671. The minimum atomic E-state index is -4.37. The Bertz CT molecular complexity index is 628. The maximum absolute atomic E-state index is 13.0. The van der Waals surface area contributed by atoms with Gasteiger partial charge in [0.25, 0.3) is 0 Å². The molecule has 1 aromatic carbocycles. The smallest absolute Gasteiger partial charge is 0.347 e. The molecule has 19 heavy (non-hydrogen) atoms. The van der Waals surface area contributed by atoms with E-state index < -0.39 is 17.8 Å². The van der Waals surface area contributed by atoms with E-state index in [1.165, 1.54) is 16.8 Å². The molecular formula is C13H10F3N3.